The van der Waals surface area contributed by atoms with Crippen molar-refractivity contribution in [3.05, 3.63) is 23.8 Å². The highest BCUT2D eigenvalue weighted by Crippen LogP contribution is 2.36. The van der Waals surface area contributed by atoms with Gasteiger partial charge >= 0.3 is 0 Å². The fourth-order valence-electron chi connectivity index (χ4n) is 2.89. The number of nitrogens with two attached hydrogens (primary N) is 1. The molecule has 0 heterocycles. The molecule has 6 heteroatoms. The predicted octanol–water partition coefficient (Wildman–Crippen LogP) is 2.55. The Kier molecular flexibility index (Phi) is 4.39. The summed E-state index contributed by atoms with van der Waals surface area (Å²) >= 11 is 0. The topological polar surface area (TPSA) is 89.3 Å². The van der Waals surface area contributed by atoms with Gasteiger partial charge in [0.1, 0.15) is 0 Å². The van der Waals surface area contributed by atoms with Crippen LogP contribution in [0.2, 0.25) is 0 Å². The lowest BCUT2D eigenvalue weighted by Gasteiger charge is -2.32. The highest BCUT2D eigenvalue weighted by Gasteiger charge is 2.34. The molecule has 0 spiro atoms. The maximum absolute atomic E-state index is 12.4. The monoisotopic (exact) mass is 310 g/mol. The van der Waals surface area contributed by atoms with E-state index in [1.165, 1.54) is 12.5 Å². The minimum atomic E-state index is -3.72. The molecule has 0 aliphatic heterocycles. The van der Waals surface area contributed by atoms with Gasteiger partial charge in [-0.25, -0.2) is 13.6 Å². The second-order valence-electron chi connectivity index (χ2n) is 6.10. The number of carbonyl (C=O) groups excluding carboxylic acids is 1. The number of primary sulfonamides is 1. The Morgan fingerprint density at radius 3 is 2.38 bits per heavy atom. The van der Waals surface area contributed by atoms with Gasteiger partial charge in [-0.3, -0.25) is 4.79 Å². The average molecular weight is 310 g/mol. The molecule has 1 aromatic rings. The fraction of sp³-hybridized carbons (Fsp3) is 0.533. The summed E-state index contributed by atoms with van der Waals surface area (Å²) in [5, 5.41) is 8.03. The molecule has 1 aliphatic carbocycles. The van der Waals surface area contributed by atoms with E-state index in [0.717, 1.165) is 25.7 Å². The number of nitrogens with one attached hydrogen (secondary N) is 1. The molecule has 1 saturated carbocycles. The number of benzene rings is 1. The normalized spacial score (nSPS) is 18.2. The van der Waals surface area contributed by atoms with Gasteiger partial charge in [0.25, 0.3) is 0 Å². The third kappa shape index (κ3) is 3.63. The number of anilines is 1. The van der Waals surface area contributed by atoms with Gasteiger partial charge < -0.3 is 5.32 Å². The minimum Gasteiger partial charge on any atom is -0.326 e. The molecule has 5 nitrogen and oxygen atoms in total. The summed E-state index contributed by atoms with van der Waals surface area (Å²) in [6.45, 7) is 3.66. The standard InChI is InChI=1S/C15H22N2O3S/c1-11-10-12(6-7-13(11)21(16,19)20)17-14(18)15(2)8-4-3-5-9-15/h6-7,10H,3-5,8-9H2,1-2H3,(H,17,18)(H2,16,19,20). The summed E-state index contributed by atoms with van der Waals surface area (Å²) in [6, 6.07) is 4.66. The molecule has 0 atom stereocenters. The number of amides is 1. The molecule has 0 radical (unpaired) electrons. The zero-order chi connectivity index (χ0) is 15.7. The molecule has 1 amide bonds. The van der Waals surface area contributed by atoms with Crippen molar-refractivity contribution in [1.29, 1.82) is 0 Å². The fourth-order valence-corrected chi connectivity index (χ4v) is 3.65. The zero-order valence-corrected chi connectivity index (χ0v) is 13.3. The molecule has 1 fully saturated rings. The Labute approximate surface area is 126 Å². The number of sulfonamides is 1. The molecule has 1 aliphatic rings. The number of aryl methyl sites for hydroxylation is 1. The van der Waals surface area contributed by atoms with E-state index in [2.05, 4.69) is 5.32 Å². The van der Waals surface area contributed by atoms with Gasteiger partial charge in [0.05, 0.1) is 4.90 Å². The largest absolute Gasteiger partial charge is 0.326 e. The van der Waals surface area contributed by atoms with Gasteiger partial charge in [-0.2, -0.15) is 0 Å². The van der Waals surface area contributed by atoms with Crippen LogP contribution in [0.15, 0.2) is 23.1 Å². The second-order valence-corrected chi connectivity index (χ2v) is 7.63. The van der Waals surface area contributed by atoms with Crippen molar-refractivity contribution in [2.45, 2.75) is 50.8 Å². The highest BCUT2D eigenvalue weighted by molar-refractivity contribution is 7.89. The third-order valence-electron chi connectivity index (χ3n) is 4.24. The number of hydrogen-bond acceptors (Lipinski definition) is 3. The Bertz CT molecular complexity index is 647. The van der Waals surface area contributed by atoms with Crippen LogP contribution in [-0.2, 0) is 14.8 Å². The molecule has 3 N–H and O–H groups in total. The molecule has 2 rings (SSSR count). The van der Waals surface area contributed by atoms with E-state index in [1.807, 2.05) is 6.92 Å². The average Bonchev–Trinajstić information content (AvgIpc) is 2.38. The summed E-state index contributed by atoms with van der Waals surface area (Å²) in [5.41, 5.74) is 0.811. The summed E-state index contributed by atoms with van der Waals surface area (Å²) in [6.07, 6.45) is 5.13. The lowest BCUT2D eigenvalue weighted by Crippen LogP contribution is -2.35. The number of rotatable bonds is 3. The van der Waals surface area contributed by atoms with E-state index in [0.29, 0.717) is 11.3 Å². The van der Waals surface area contributed by atoms with E-state index in [4.69, 9.17) is 5.14 Å². The van der Waals surface area contributed by atoms with Gasteiger partial charge in [0, 0.05) is 11.1 Å². The third-order valence-corrected chi connectivity index (χ3v) is 5.32. The molecule has 1 aromatic carbocycles. The zero-order valence-electron chi connectivity index (χ0n) is 12.5. The molecule has 0 bridgehead atoms. The molecule has 0 unspecified atom stereocenters. The first-order chi connectivity index (χ1) is 9.72. The van der Waals surface area contributed by atoms with Crippen molar-refractivity contribution in [3.63, 3.8) is 0 Å². The molecule has 116 valence electrons. The van der Waals surface area contributed by atoms with Gasteiger partial charge in [-0.15, -0.1) is 0 Å². The van der Waals surface area contributed by atoms with Crippen LogP contribution in [-0.4, -0.2) is 14.3 Å². The van der Waals surface area contributed by atoms with E-state index < -0.39 is 10.0 Å². The van der Waals surface area contributed by atoms with E-state index in [1.54, 1.807) is 19.1 Å². The lowest BCUT2D eigenvalue weighted by molar-refractivity contribution is -0.126. The van der Waals surface area contributed by atoms with E-state index >= 15 is 0 Å². The maximum Gasteiger partial charge on any atom is 0.238 e. The minimum absolute atomic E-state index is 0.00459. The highest BCUT2D eigenvalue weighted by atomic mass is 32.2. The van der Waals surface area contributed by atoms with Gasteiger partial charge in [-0.1, -0.05) is 26.2 Å². The van der Waals surface area contributed by atoms with Crippen molar-refractivity contribution in [3.8, 4) is 0 Å². The molecular formula is C15H22N2O3S. The van der Waals surface area contributed by atoms with Crippen LogP contribution in [0.3, 0.4) is 0 Å². The van der Waals surface area contributed by atoms with E-state index in [-0.39, 0.29) is 16.2 Å². The summed E-state index contributed by atoms with van der Waals surface area (Å²) < 4.78 is 22.8. The smallest absolute Gasteiger partial charge is 0.238 e. The first kappa shape index (κ1) is 16.0. The summed E-state index contributed by atoms with van der Waals surface area (Å²) in [5.74, 6) is 0.00459. The number of carbonyl (C=O) groups is 1. The van der Waals surface area contributed by atoms with Crippen molar-refractivity contribution in [1.82, 2.24) is 0 Å². The van der Waals surface area contributed by atoms with Crippen LogP contribution >= 0.6 is 0 Å². The predicted molar refractivity (Wildman–Crippen MR) is 82.4 cm³/mol. The quantitative estimate of drug-likeness (QED) is 0.899. The second kappa shape index (κ2) is 5.77. The number of hydrogen-bond donors (Lipinski definition) is 2. The van der Waals surface area contributed by atoms with Gasteiger partial charge in [0.15, 0.2) is 0 Å². The van der Waals surface area contributed by atoms with Crippen LogP contribution in [0, 0.1) is 12.3 Å². The molecule has 0 saturated heterocycles. The Morgan fingerprint density at radius 2 is 1.86 bits per heavy atom. The Balaban J connectivity index is 2.17. The summed E-state index contributed by atoms with van der Waals surface area (Å²) in [7, 11) is -3.72. The van der Waals surface area contributed by atoms with Crippen LogP contribution in [0.25, 0.3) is 0 Å². The van der Waals surface area contributed by atoms with Crippen LogP contribution in [0.5, 0.6) is 0 Å². The Morgan fingerprint density at radius 1 is 1.24 bits per heavy atom. The van der Waals surface area contributed by atoms with Gasteiger partial charge in [0.2, 0.25) is 15.9 Å². The van der Waals surface area contributed by atoms with Crippen molar-refractivity contribution in [2.75, 3.05) is 5.32 Å². The van der Waals surface area contributed by atoms with E-state index in [9.17, 15) is 13.2 Å². The molecule has 21 heavy (non-hydrogen) atoms. The van der Waals surface area contributed by atoms with Crippen LogP contribution in [0.1, 0.15) is 44.6 Å². The molecule has 0 aromatic heterocycles. The lowest BCUT2D eigenvalue weighted by atomic mass is 9.75. The Hall–Kier alpha value is -1.40. The van der Waals surface area contributed by atoms with Crippen LogP contribution in [0.4, 0.5) is 5.69 Å². The van der Waals surface area contributed by atoms with Gasteiger partial charge in [-0.05, 0) is 43.5 Å². The first-order valence-corrected chi connectivity index (χ1v) is 8.72. The van der Waals surface area contributed by atoms with Crippen LogP contribution < -0.4 is 10.5 Å². The van der Waals surface area contributed by atoms with Crippen molar-refractivity contribution >= 4 is 21.6 Å². The molecular weight excluding hydrogens is 288 g/mol. The summed E-state index contributed by atoms with van der Waals surface area (Å²) in [4.78, 5) is 12.5. The van der Waals surface area contributed by atoms with Crippen molar-refractivity contribution < 1.29 is 13.2 Å². The SMILES string of the molecule is Cc1cc(NC(=O)C2(C)CCCCC2)ccc1S(N)(=O)=O. The first-order valence-electron chi connectivity index (χ1n) is 7.17. The van der Waals surface area contributed by atoms with Crippen molar-refractivity contribution in [2.24, 2.45) is 10.6 Å². The maximum atomic E-state index is 12.4.